The van der Waals surface area contributed by atoms with Gasteiger partial charge in [0.15, 0.2) is 6.10 Å². The minimum absolute atomic E-state index is 0.104. The van der Waals surface area contributed by atoms with Crippen LogP contribution in [0.15, 0.2) is 146 Å². The highest BCUT2D eigenvalue weighted by Crippen LogP contribution is 2.13. The Morgan fingerprint density at radius 1 is 0.280 bits per heavy atom. The first-order valence-corrected chi connectivity index (χ1v) is 30.3. The minimum Gasteiger partial charge on any atom is -0.462 e. The summed E-state index contributed by atoms with van der Waals surface area (Å²) in [7, 11) is 0. The van der Waals surface area contributed by atoms with Crippen molar-refractivity contribution >= 4 is 17.9 Å². The molecule has 0 aromatic heterocycles. The number of hydrogen-bond donors (Lipinski definition) is 0. The van der Waals surface area contributed by atoms with E-state index in [4.69, 9.17) is 14.2 Å². The Morgan fingerprint density at radius 2 is 0.520 bits per heavy atom. The molecule has 0 spiro atoms. The molecule has 1 unspecified atom stereocenters. The highest BCUT2D eigenvalue weighted by Gasteiger charge is 2.19. The average molecular weight is 1040 g/mol. The Bertz CT molecular complexity index is 1660. The molecule has 0 aliphatic rings. The van der Waals surface area contributed by atoms with Gasteiger partial charge >= 0.3 is 17.9 Å². The minimum atomic E-state index is -0.808. The van der Waals surface area contributed by atoms with Crippen LogP contribution in [-0.4, -0.2) is 37.2 Å². The van der Waals surface area contributed by atoms with Gasteiger partial charge < -0.3 is 14.2 Å². The fourth-order valence-electron chi connectivity index (χ4n) is 7.72. The van der Waals surface area contributed by atoms with Crippen LogP contribution >= 0.6 is 0 Å². The van der Waals surface area contributed by atoms with Crippen molar-refractivity contribution in [1.82, 2.24) is 0 Å². The summed E-state index contributed by atoms with van der Waals surface area (Å²) in [4.78, 5) is 38.2. The number of allylic oxidation sites excluding steroid dienone is 24. The zero-order valence-electron chi connectivity index (χ0n) is 48.3. The van der Waals surface area contributed by atoms with Gasteiger partial charge in [-0.25, -0.2) is 0 Å². The highest BCUT2D eigenvalue weighted by atomic mass is 16.6. The smallest absolute Gasteiger partial charge is 0.306 e. The van der Waals surface area contributed by atoms with E-state index >= 15 is 0 Å². The number of ether oxygens (including phenoxy) is 3. The number of rotatable bonds is 53. The monoisotopic (exact) mass is 1030 g/mol. The van der Waals surface area contributed by atoms with Gasteiger partial charge in [0.2, 0.25) is 0 Å². The van der Waals surface area contributed by atoms with Crippen molar-refractivity contribution in [3.8, 4) is 0 Å². The van der Waals surface area contributed by atoms with Gasteiger partial charge in [-0.05, 0) is 135 Å². The maximum absolute atomic E-state index is 12.8. The van der Waals surface area contributed by atoms with Gasteiger partial charge in [-0.3, -0.25) is 14.4 Å². The summed E-state index contributed by atoms with van der Waals surface area (Å²) >= 11 is 0. The lowest BCUT2D eigenvalue weighted by molar-refractivity contribution is -0.167. The lowest BCUT2D eigenvalue weighted by atomic mass is 10.1. The van der Waals surface area contributed by atoms with Crippen LogP contribution in [-0.2, 0) is 28.6 Å². The van der Waals surface area contributed by atoms with E-state index in [1.54, 1.807) is 0 Å². The van der Waals surface area contributed by atoms with E-state index in [-0.39, 0.29) is 31.1 Å². The van der Waals surface area contributed by atoms with Gasteiger partial charge in [0.25, 0.3) is 0 Å². The third-order valence-electron chi connectivity index (χ3n) is 12.3. The van der Waals surface area contributed by atoms with Gasteiger partial charge in [-0.1, -0.05) is 244 Å². The third-order valence-corrected chi connectivity index (χ3v) is 12.3. The van der Waals surface area contributed by atoms with Gasteiger partial charge in [-0.15, -0.1) is 0 Å². The molecule has 6 nitrogen and oxygen atoms in total. The zero-order valence-corrected chi connectivity index (χ0v) is 48.3. The molecule has 0 bridgehead atoms. The van der Waals surface area contributed by atoms with E-state index in [2.05, 4.69) is 167 Å². The first-order valence-electron chi connectivity index (χ1n) is 30.3. The molecule has 75 heavy (non-hydrogen) atoms. The summed E-state index contributed by atoms with van der Waals surface area (Å²) in [6.07, 6.45) is 88.4. The van der Waals surface area contributed by atoms with E-state index in [0.717, 1.165) is 173 Å². The van der Waals surface area contributed by atoms with Crippen molar-refractivity contribution in [2.24, 2.45) is 0 Å². The van der Waals surface area contributed by atoms with Crippen LogP contribution in [0.2, 0.25) is 0 Å². The molecule has 0 aliphatic carbocycles. The molecule has 0 aliphatic heterocycles. The highest BCUT2D eigenvalue weighted by molar-refractivity contribution is 5.71. The topological polar surface area (TPSA) is 78.9 Å². The van der Waals surface area contributed by atoms with E-state index in [1.807, 2.05) is 0 Å². The third kappa shape index (κ3) is 60.0. The number of carbonyl (C=O) groups excluding carboxylic acids is 3. The Kier molecular flexibility index (Phi) is 58.0. The largest absolute Gasteiger partial charge is 0.462 e. The summed E-state index contributed by atoms with van der Waals surface area (Å²) < 4.78 is 16.8. The van der Waals surface area contributed by atoms with Crippen molar-refractivity contribution in [3.63, 3.8) is 0 Å². The second kappa shape index (κ2) is 61.8. The van der Waals surface area contributed by atoms with Crippen LogP contribution in [0.4, 0.5) is 0 Å². The van der Waals surface area contributed by atoms with Crippen LogP contribution in [0, 0.1) is 0 Å². The zero-order chi connectivity index (χ0) is 54.3. The molecule has 0 saturated carbocycles. The standard InChI is InChI=1S/C69H110O6/c1-4-7-10-13-16-19-22-25-28-29-30-31-32-33-34-35-36-37-38-39-40-41-42-45-47-50-53-56-59-62-68(71)74-65-66(75-69(72)63-60-57-54-51-48-44-27-24-21-18-15-12-9-6-3)64-73-67(70)61-58-55-52-49-46-43-26-23-20-17-14-11-8-5-2/h7,10,14-19,23-28,30-31,33-34,36-37,39-40,42,45,66H,4-6,8-9,11-13,20-22,29,32,35,38,41,43-44,46-65H2,1-3H3/b10-7-,17-14-,18-15-,19-16-,26-23-,27-24-,28-25-,31-30-,34-33-,37-36-,40-39-,45-42-. The Morgan fingerprint density at radius 3 is 0.813 bits per heavy atom. The van der Waals surface area contributed by atoms with Gasteiger partial charge in [0.1, 0.15) is 13.2 Å². The maximum atomic E-state index is 12.8. The molecule has 0 N–H and O–H groups in total. The number of esters is 3. The summed E-state index contributed by atoms with van der Waals surface area (Å²) in [6.45, 7) is 6.39. The first-order chi connectivity index (χ1) is 37.0. The Labute approximate surface area is 461 Å². The molecule has 6 heteroatoms. The molecule has 0 radical (unpaired) electrons. The second-order valence-electron chi connectivity index (χ2n) is 19.5. The van der Waals surface area contributed by atoms with Crippen molar-refractivity contribution in [3.05, 3.63) is 146 Å². The summed E-state index contributed by atoms with van der Waals surface area (Å²) in [5.41, 5.74) is 0. The Balaban J connectivity index is 4.41. The van der Waals surface area contributed by atoms with Crippen LogP contribution in [0.25, 0.3) is 0 Å². The average Bonchev–Trinajstić information content (AvgIpc) is 3.41. The molecular formula is C69H110O6. The summed E-state index contributed by atoms with van der Waals surface area (Å²) in [5.74, 6) is -0.962. The first kappa shape index (κ1) is 70.3. The van der Waals surface area contributed by atoms with Gasteiger partial charge in [-0.2, -0.15) is 0 Å². The fraction of sp³-hybridized carbons (Fsp3) is 0.609. The molecule has 0 fully saturated rings. The van der Waals surface area contributed by atoms with Crippen molar-refractivity contribution < 1.29 is 28.6 Å². The van der Waals surface area contributed by atoms with E-state index in [1.165, 1.54) is 38.5 Å². The summed E-state index contributed by atoms with van der Waals surface area (Å²) in [6, 6.07) is 0. The lowest BCUT2D eigenvalue weighted by Gasteiger charge is -2.18. The van der Waals surface area contributed by atoms with E-state index in [9.17, 15) is 14.4 Å². The van der Waals surface area contributed by atoms with Gasteiger partial charge in [0, 0.05) is 19.3 Å². The second-order valence-corrected chi connectivity index (χ2v) is 19.5. The molecule has 0 rings (SSSR count). The van der Waals surface area contributed by atoms with Crippen LogP contribution in [0.5, 0.6) is 0 Å². The van der Waals surface area contributed by atoms with E-state index < -0.39 is 6.10 Å². The molecule has 422 valence electrons. The Hall–Kier alpha value is -4.71. The molecule has 0 aromatic carbocycles. The fourth-order valence-corrected chi connectivity index (χ4v) is 7.72. The predicted octanol–water partition coefficient (Wildman–Crippen LogP) is 20.8. The van der Waals surface area contributed by atoms with Crippen LogP contribution < -0.4 is 0 Å². The molecule has 0 amide bonds. The molecule has 0 saturated heterocycles. The van der Waals surface area contributed by atoms with Crippen LogP contribution in [0.3, 0.4) is 0 Å². The summed E-state index contributed by atoms with van der Waals surface area (Å²) in [5, 5.41) is 0. The maximum Gasteiger partial charge on any atom is 0.306 e. The number of carbonyl (C=O) groups is 3. The van der Waals surface area contributed by atoms with Crippen molar-refractivity contribution in [2.75, 3.05) is 13.2 Å². The lowest BCUT2D eigenvalue weighted by Crippen LogP contribution is -2.30. The van der Waals surface area contributed by atoms with Crippen molar-refractivity contribution in [1.29, 1.82) is 0 Å². The number of hydrogen-bond acceptors (Lipinski definition) is 6. The molecule has 1 atom stereocenters. The number of unbranched alkanes of at least 4 members (excludes halogenated alkanes) is 18. The normalized spacial score (nSPS) is 13.2. The SMILES string of the molecule is CC/C=C\C/C=C\C/C=C\C/C=C\C/C=C\C/C=C\C/C=C\C/C=C\CCCCCCC(=O)OCC(COC(=O)CCCCCCC/C=C\C/C=C\CCCC)OC(=O)CCCCCCC/C=C\C/C=C\CCCC. The quantitative estimate of drug-likeness (QED) is 0.0261. The molecule has 0 heterocycles. The predicted molar refractivity (Wildman–Crippen MR) is 325 cm³/mol. The van der Waals surface area contributed by atoms with E-state index in [0.29, 0.717) is 19.3 Å². The van der Waals surface area contributed by atoms with Crippen molar-refractivity contribution in [2.45, 2.75) is 258 Å². The van der Waals surface area contributed by atoms with Gasteiger partial charge in [0.05, 0.1) is 0 Å². The molecule has 0 aromatic rings. The van der Waals surface area contributed by atoms with Crippen LogP contribution in [0.1, 0.15) is 252 Å². The molecular weight excluding hydrogens is 925 g/mol.